The first-order valence-corrected chi connectivity index (χ1v) is 13.7. The van der Waals surface area contributed by atoms with Crippen LogP contribution in [0.5, 0.6) is 0 Å². The molecule has 11 heteroatoms. The van der Waals surface area contributed by atoms with Crippen LogP contribution in [0, 0.1) is 6.92 Å². The van der Waals surface area contributed by atoms with Gasteiger partial charge in [-0.05, 0) is 55.2 Å². The summed E-state index contributed by atoms with van der Waals surface area (Å²) in [7, 11) is -3.97. The van der Waals surface area contributed by atoms with E-state index in [0.29, 0.717) is 30.8 Å². The Balaban J connectivity index is 1.69. The third kappa shape index (κ3) is 5.55. The van der Waals surface area contributed by atoms with Gasteiger partial charge >= 0.3 is 0 Å². The number of nitrogens with zero attached hydrogens (tertiary/aromatic N) is 2. The molecular weight excluding hydrogens is 464 g/mol. The van der Waals surface area contributed by atoms with Crippen LogP contribution >= 0.6 is 0 Å². The number of carbonyl (C=O) groups excluding carboxylic acids is 1. The van der Waals surface area contributed by atoms with Crippen LogP contribution in [-0.2, 0) is 37.8 Å². The van der Waals surface area contributed by atoms with E-state index in [9.17, 15) is 21.6 Å². The molecule has 0 atom stereocenters. The summed E-state index contributed by atoms with van der Waals surface area (Å²) in [5, 5.41) is 5.86. The second-order valence-corrected chi connectivity index (χ2v) is 12.5. The highest BCUT2D eigenvalue weighted by Crippen LogP contribution is 2.28. The SMILES string of the molecule is CCS(=O)(=O)N1CCc2c(cccc2NCC(=O)Nc2ccc(C)c(S(=O)(=O)N(C)C)c2)C1. The van der Waals surface area contributed by atoms with Gasteiger partial charge in [0.1, 0.15) is 0 Å². The lowest BCUT2D eigenvalue weighted by molar-refractivity contribution is -0.114. The molecular formula is C22H30N4O5S2. The van der Waals surface area contributed by atoms with E-state index in [-0.39, 0.29) is 23.1 Å². The lowest BCUT2D eigenvalue weighted by Crippen LogP contribution is -2.37. The van der Waals surface area contributed by atoms with Crippen LogP contribution in [0.15, 0.2) is 41.3 Å². The maximum atomic E-state index is 12.5. The first-order valence-electron chi connectivity index (χ1n) is 10.6. The average Bonchev–Trinajstić information content (AvgIpc) is 2.78. The first kappa shape index (κ1) is 25.2. The Kier molecular flexibility index (Phi) is 7.47. The molecule has 3 rings (SSSR count). The van der Waals surface area contributed by atoms with Crippen LogP contribution in [0.25, 0.3) is 0 Å². The molecule has 0 aliphatic carbocycles. The summed E-state index contributed by atoms with van der Waals surface area (Å²) in [6, 6.07) is 10.4. The zero-order valence-electron chi connectivity index (χ0n) is 19.3. The van der Waals surface area contributed by atoms with Crippen molar-refractivity contribution in [1.82, 2.24) is 8.61 Å². The molecule has 0 aromatic heterocycles. The van der Waals surface area contributed by atoms with E-state index in [1.807, 2.05) is 18.2 Å². The Hall–Kier alpha value is -2.47. The van der Waals surface area contributed by atoms with E-state index in [1.54, 1.807) is 26.0 Å². The highest BCUT2D eigenvalue weighted by Gasteiger charge is 2.26. The number of benzene rings is 2. The molecule has 1 heterocycles. The summed E-state index contributed by atoms with van der Waals surface area (Å²) in [5.41, 5.74) is 3.69. The van der Waals surface area contributed by atoms with Gasteiger partial charge in [0.05, 0.1) is 17.2 Å². The summed E-state index contributed by atoms with van der Waals surface area (Å²) in [6.45, 7) is 4.04. The Bertz CT molecular complexity index is 1260. The number of carbonyl (C=O) groups is 1. The van der Waals surface area contributed by atoms with E-state index < -0.39 is 20.0 Å². The van der Waals surface area contributed by atoms with Gasteiger partial charge in [0.25, 0.3) is 0 Å². The molecule has 33 heavy (non-hydrogen) atoms. The number of rotatable bonds is 8. The van der Waals surface area contributed by atoms with E-state index in [4.69, 9.17) is 0 Å². The van der Waals surface area contributed by atoms with Gasteiger partial charge in [-0.2, -0.15) is 4.31 Å². The van der Waals surface area contributed by atoms with Gasteiger partial charge in [-0.1, -0.05) is 18.2 Å². The van der Waals surface area contributed by atoms with E-state index >= 15 is 0 Å². The number of aryl methyl sites for hydroxylation is 1. The average molecular weight is 495 g/mol. The molecule has 0 radical (unpaired) electrons. The molecule has 2 aromatic rings. The number of fused-ring (bicyclic) bond motifs is 1. The molecule has 2 N–H and O–H groups in total. The standard InChI is InChI=1S/C22H30N4O5S2/c1-5-32(28,29)26-12-11-19-17(15-26)7-6-8-20(19)23-14-22(27)24-18-10-9-16(2)21(13-18)33(30,31)25(3)4/h6-10,13,23H,5,11-12,14-15H2,1-4H3,(H,24,27). The van der Waals surface area contributed by atoms with E-state index in [1.165, 1.54) is 24.5 Å². The number of anilines is 2. The maximum Gasteiger partial charge on any atom is 0.243 e. The Morgan fingerprint density at radius 1 is 1.12 bits per heavy atom. The van der Waals surface area contributed by atoms with Gasteiger partial charge < -0.3 is 10.6 Å². The molecule has 0 spiro atoms. The molecule has 0 bridgehead atoms. The first-order chi connectivity index (χ1) is 15.5. The Morgan fingerprint density at radius 3 is 2.52 bits per heavy atom. The number of sulfonamides is 2. The molecule has 1 aliphatic rings. The van der Waals surface area contributed by atoms with Gasteiger partial charge in [0.15, 0.2) is 0 Å². The molecule has 0 fully saturated rings. The van der Waals surface area contributed by atoms with Gasteiger partial charge in [-0.15, -0.1) is 0 Å². The molecule has 180 valence electrons. The Morgan fingerprint density at radius 2 is 1.85 bits per heavy atom. The predicted octanol–water partition coefficient (Wildman–Crippen LogP) is 2.00. The minimum atomic E-state index is -3.63. The third-order valence-corrected chi connectivity index (χ3v) is 9.44. The van der Waals surface area contributed by atoms with Crippen molar-refractivity contribution in [2.24, 2.45) is 0 Å². The number of nitrogens with one attached hydrogen (secondary N) is 2. The monoisotopic (exact) mass is 494 g/mol. The van der Waals surface area contributed by atoms with Crippen LogP contribution in [0.3, 0.4) is 0 Å². The lowest BCUT2D eigenvalue weighted by Gasteiger charge is -2.29. The third-order valence-electron chi connectivity index (χ3n) is 5.66. The Labute approximate surface area is 195 Å². The maximum absolute atomic E-state index is 12.5. The zero-order valence-corrected chi connectivity index (χ0v) is 20.9. The minimum Gasteiger partial charge on any atom is -0.376 e. The number of amides is 1. The highest BCUT2D eigenvalue weighted by atomic mass is 32.2. The van der Waals surface area contributed by atoms with Crippen LogP contribution < -0.4 is 10.6 Å². The van der Waals surface area contributed by atoms with Crippen LogP contribution in [0.4, 0.5) is 11.4 Å². The van der Waals surface area contributed by atoms with Crippen molar-refractivity contribution >= 4 is 37.3 Å². The van der Waals surface area contributed by atoms with Crippen molar-refractivity contribution < 1.29 is 21.6 Å². The van der Waals surface area contributed by atoms with Crippen molar-refractivity contribution in [3.8, 4) is 0 Å². The fourth-order valence-electron chi connectivity index (χ4n) is 3.70. The van der Waals surface area contributed by atoms with Crippen molar-refractivity contribution in [2.45, 2.75) is 31.7 Å². The van der Waals surface area contributed by atoms with Crippen LogP contribution in [-0.4, -0.2) is 64.3 Å². The van der Waals surface area contributed by atoms with Crippen molar-refractivity contribution in [3.63, 3.8) is 0 Å². The molecule has 1 amide bonds. The van der Waals surface area contributed by atoms with Crippen LogP contribution in [0.1, 0.15) is 23.6 Å². The molecule has 1 aliphatic heterocycles. The van der Waals surface area contributed by atoms with Gasteiger partial charge in [-0.3, -0.25) is 4.79 Å². The summed E-state index contributed by atoms with van der Waals surface area (Å²) >= 11 is 0. The smallest absolute Gasteiger partial charge is 0.243 e. The second-order valence-electron chi connectivity index (χ2n) is 8.10. The van der Waals surface area contributed by atoms with Crippen LogP contribution in [0.2, 0.25) is 0 Å². The van der Waals surface area contributed by atoms with E-state index in [0.717, 1.165) is 21.1 Å². The summed E-state index contributed by atoms with van der Waals surface area (Å²) in [6.07, 6.45) is 0.559. The zero-order chi connectivity index (χ0) is 24.4. The number of hydrogen-bond acceptors (Lipinski definition) is 6. The highest BCUT2D eigenvalue weighted by molar-refractivity contribution is 7.89. The molecule has 0 saturated carbocycles. The largest absolute Gasteiger partial charge is 0.376 e. The normalized spacial score (nSPS) is 14.7. The van der Waals surface area contributed by atoms with Gasteiger partial charge in [0, 0.05) is 38.6 Å². The molecule has 2 aromatic carbocycles. The summed E-state index contributed by atoms with van der Waals surface area (Å²) < 4.78 is 52.0. The fourth-order valence-corrected chi connectivity index (χ4v) is 5.92. The second kappa shape index (κ2) is 9.80. The molecule has 0 saturated heterocycles. The topological polar surface area (TPSA) is 116 Å². The van der Waals surface area contributed by atoms with Crippen molar-refractivity contribution in [2.75, 3.05) is 43.6 Å². The van der Waals surface area contributed by atoms with Gasteiger partial charge in [0.2, 0.25) is 26.0 Å². The summed E-state index contributed by atoms with van der Waals surface area (Å²) in [4.78, 5) is 12.7. The minimum absolute atomic E-state index is 0.0168. The molecule has 0 unspecified atom stereocenters. The predicted molar refractivity (Wildman–Crippen MR) is 129 cm³/mol. The number of hydrogen-bond donors (Lipinski definition) is 2. The lowest BCUT2D eigenvalue weighted by atomic mass is 9.99. The van der Waals surface area contributed by atoms with Crippen molar-refractivity contribution in [3.05, 3.63) is 53.1 Å². The quantitative estimate of drug-likeness (QED) is 0.580. The molecule has 9 nitrogen and oxygen atoms in total. The van der Waals surface area contributed by atoms with Gasteiger partial charge in [-0.25, -0.2) is 21.1 Å². The van der Waals surface area contributed by atoms with E-state index in [2.05, 4.69) is 10.6 Å². The van der Waals surface area contributed by atoms with Crippen molar-refractivity contribution in [1.29, 1.82) is 0 Å². The fraction of sp³-hybridized carbons (Fsp3) is 0.409. The summed E-state index contributed by atoms with van der Waals surface area (Å²) in [5.74, 6) is -0.257.